The molecule has 0 fully saturated rings. The topological polar surface area (TPSA) is 112 Å². The molecule has 1 heterocycles. The molecular formula is C10H11N3O3S. The Hall–Kier alpha value is -1.89. The number of oxazole rings is 1. The zero-order valence-electron chi connectivity index (χ0n) is 8.88. The van der Waals surface area contributed by atoms with Crippen molar-refractivity contribution in [2.45, 2.75) is 11.6 Å². The second kappa shape index (κ2) is 4.54. The van der Waals surface area contributed by atoms with Gasteiger partial charge >= 0.3 is 0 Å². The van der Waals surface area contributed by atoms with Crippen molar-refractivity contribution in [3.05, 3.63) is 18.2 Å². The van der Waals surface area contributed by atoms with E-state index < -0.39 is 16.7 Å². The Bertz CT molecular complexity index is 593. The fourth-order valence-corrected chi connectivity index (χ4v) is 2.25. The minimum atomic E-state index is -1.46. The van der Waals surface area contributed by atoms with Gasteiger partial charge in [0.2, 0.25) is 5.91 Å². The first-order chi connectivity index (χ1) is 8.06. The number of nitrogens with two attached hydrogens (primary N) is 2. The van der Waals surface area contributed by atoms with Crippen LogP contribution in [0.3, 0.4) is 0 Å². The second-order valence-electron chi connectivity index (χ2n) is 3.47. The number of carbonyl (C=O) groups excluding carboxylic acids is 1. The molecule has 1 aromatic heterocycles. The van der Waals surface area contributed by atoms with Crippen molar-refractivity contribution in [2.24, 2.45) is 5.73 Å². The molecule has 17 heavy (non-hydrogen) atoms. The Labute approximate surface area is 99.4 Å². The maximum atomic E-state index is 11.7. The molecule has 4 N–H and O–H groups in total. The van der Waals surface area contributed by atoms with E-state index in [1.807, 2.05) is 0 Å². The largest absolute Gasteiger partial charge is 0.430 e. The van der Waals surface area contributed by atoms with Crippen LogP contribution in [0, 0.1) is 0 Å². The second-order valence-corrected chi connectivity index (χ2v) is 4.92. The summed E-state index contributed by atoms with van der Waals surface area (Å²) < 4.78 is 17.0. The van der Waals surface area contributed by atoms with Crippen LogP contribution in [0.5, 0.6) is 0 Å². The average molecular weight is 253 g/mol. The number of nitrogens with zero attached hydrogens (tertiary/aromatic N) is 1. The van der Waals surface area contributed by atoms with E-state index in [0.717, 1.165) is 0 Å². The van der Waals surface area contributed by atoms with Crippen LogP contribution < -0.4 is 11.5 Å². The van der Waals surface area contributed by atoms with Crippen molar-refractivity contribution >= 4 is 33.5 Å². The summed E-state index contributed by atoms with van der Waals surface area (Å²) in [5, 5.41) is 0.0897. The number of hydrogen-bond acceptors (Lipinski definition) is 5. The van der Waals surface area contributed by atoms with Crippen molar-refractivity contribution in [2.75, 3.05) is 11.5 Å². The first kappa shape index (κ1) is 11.6. The van der Waals surface area contributed by atoms with Gasteiger partial charge in [0.05, 0.1) is 0 Å². The Morgan fingerprint density at radius 1 is 1.47 bits per heavy atom. The van der Waals surface area contributed by atoms with E-state index in [-0.39, 0.29) is 17.4 Å². The molecule has 2 aromatic rings. The highest BCUT2D eigenvalue weighted by Crippen LogP contribution is 2.20. The highest BCUT2D eigenvalue weighted by molar-refractivity contribution is 7.84. The number of fused-ring (bicyclic) bond motifs is 1. The fraction of sp³-hybridized carbons (Fsp3) is 0.200. The van der Waals surface area contributed by atoms with E-state index in [1.165, 1.54) is 0 Å². The molecule has 6 nitrogen and oxygen atoms in total. The van der Waals surface area contributed by atoms with Crippen LogP contribution in [0.1, 0.15) is 6.42 Å². The predicted octanol–water partition coefficient (Wildman–Crippen LogP) is 0.393. The third-order valence-electron chi connectivity index (χ3n) is 2.12. The molecule has 0 radical (unpaired) electrons. The van der Waals surface area contributed by atoms with E-state index in [0.29, 0.717) is 16.8 Å². The smallest absolute Gasteiger partial charge is 0.287 e. The molecule has 0 saturated carbocycles. The molecule has 1 unspecified atom stereocenters. The van der Waals surface area contributed by atoms with Crippen LogP contribution in [0.25, 0.3) is 11.1 Å². The molecule has 0 bridgehead atoms. The first-order valence-electron chi connectivity index (χ1n) is 4.89. The summed E-state index contributed by atoms with van der Waals surface area (Å²) in [6.45, 7) is 0. The number of amides is 1. The lowest BCUT2D eigenvalue weighted by atomic mass is 10.3. The molecule has 1 aromatic carbocycles. The lowest BCUT2D eigenvalue weighted by Crippen LogP contribution is -2.14. The van der Waals surface area contributed by atoms with Crippen molar-refractivity contribution in [1.29, 1.82) is 0 Å². The quantitative estimate of drug-likeness (QED) is 0.765. The molecule has 0 aliphatic heterocycles. The highest BCUT2D eigenvalue weighted by atomic mass is 32.2. The van der Waals surface area contributed by atoms with Gasteiger partial charge in [0.1, 0.15) is 16.3 Å². The van der Waals surface area contributed by atoms with Crippen molar-refractivity contribution in [1.82, 2.24) is 4.98 Å². The maximum absolute atomic E-state index is 11.7. The Kier molecular flexibility index (Phi) is 3.10. The van der Waals surface area contributed by atoms with Crippen LogP contribution in [0.4, 0.5) is 5.69 Å². The van der Waals surface area contributed by atoms with Crippen LogP contribution in [-0.4, -0.2) is 20.9 Å². The number of aromatic nitrogens is 1. The maximum Gasteiger partial charge on any atom is 0.287 e. The minimum Gasteiger partial charge on any atom is -0.430 e. The molecule has 0 aliphatic carbocycles. The Morgan fingerprint density at radius 3 is 2.94 bits per heavy atom. The van der Waals surface area contributed by atoms with Crippen LogP contribution in [0.2, 0.25) is 0 Å². The Balaban J connectivity index is 2.24. The van der Waals surface area contributed by atoms with Crippen molar-refractivity contribution < 1.29 is 13.4 Å². The van der Waals surface area contributed by atoms with E-state index in [2.05, 4.69) is 4.98 Å². The third-order valence-corrected chi connectivity index (χ3v) is 3.26. The molecule has 0 saturated heterocycles. The van der Waals surface area contributed by atoms with E-state index >= 15 is 0 Å². The number of primary amides is 1. The van der Waals surface area contributed by atoms with Gasteiger partial charge < -0.3 is 15.9 Å². The van der Waals surface area contributed by atoms with E-state index in [9.17, 15) is 9.00 Å². The summed E-state index contributed by atoms with van der Waals surface area (Å²) in [5.74, 6) is -0.392. The molecule has 0 spiro atoms. The number of carbonyl (C=O) groups is 1. The van der Waals surface area contributed by atoms with Gasteiger partial charge in [0, 0.05) is 17.9 Å². The number of rotatable bonds is 4. The van der Waals surface area contributed by atoms with Gasteiger partial charge in [-0.3, -0.25) is 4.79 Å². The van der Waals surface area contributed by atoms with Crippen LogP contribution in [-0.2, 0) is 15.6 Å². The minimum absolute atomic E-state index is 0.0352. The first-order valence-corrected chi connectivity index (χ1v) is 6.21. The lowest BCUT2D eigenvalue weighted by molar-refractivity contribution is -0.117. The fourth-order valence-electron chi connectivity index (χ4n) is 1.30. The summed E-state index contributed by atoms with van der Waals surface area (Å²) in [7, 11) is -1.46. The van der Waals surface area contributed by atoms with Crippen molar-refractivity contribution in [3.8, 4) is 0 Å². The van der Waals surface area contributed by atoms with Gasteiger partial charge in [-0.1, -0.05) is 0 Å². The Morgan fingerprint density at radius 2 is 2.24 bits per heavy atom. The molecule has 0 aliphatic rings. The number of nitrogen functional groups attached to an aromatic ring is 1. The van der Waals surface area contributed by atoms with Gasteiger partial charge in [0.25, 0.3) is 5.22 Å². The molecule has 1 atom stereocenters. The standard InChI is InChI=1S/C10H11N3O3S/c11-6-1-2-8-7(5-6)13-10(16-8)17(15)4-3-9(12)14/h1-2,5H,3-4,11H2,(H2,12,14). The van der Waals surface area contributed by atoms with Crippen LogP contribution >= 0.6 is 0 Å². The average Bonchev–Trinajstić information content (AvgIpc) is 2.68. The van der Waals surface area contributed by atoms with E-state index in [4.69, 9.17) is 15.9 Å². The third kappa shape index (κ3) is 2.62. The molecule has 7 heteroatoms. The van der Waals surface area contributed by atoms with Gasteiger partial charge in [-0.25, -0.2) is 9.19 Å². The SMILES string of the molecule is NC(=O)CCS(=O)c1nc2cc(N)ccc2o1. The zero-order chi connectivity index (χ0) is 12.4. The summed E-state index contributed by atoms with van der Waals surface area (Å²) in [6.07, 6.45) is 0.0352. The molecule has 90 valence electrons. The van der Waals surface area contributed by atoms with Crippen LogP contribution in [0.15, 0.2) is 27.8 Å². The predicted molar refractivity (Wildman–Crippen MR) is 63.5 cm³/mol. The van der Waals surface area contributed by atoms with Gasteiger partial charge in [-0.2, -0.15) is 0 Å². The summed E-state index contributed by atoms with van der Waals surface area (Å²) in [6, 6.07) is 4.96. The lowest BCUT2D eigenvalue weighted by Gasteiger charge is -1.93. The monoisotopic (exact) mass is 253 g/mol. The summed E-state index contributed by atoms with van der Waals surface area (Å²) in [4.78, 5) is 14.6. The van der Waals surface area contributed by atoms with E-state index in [1.54, 1.807) is 18.2 Å². The molecule has 1 amide bonds. The number of anilines is 1. The van der Waals surface area contributed by atoms with Gasteiger partial charge in [-0.15, -0.1) is 0 Å². The molecular weight excluding hydrogens is 242 g/mol. The summed E-state index contributed by atoms with van der Waals surface area (Å²) >= 11 is 0. The van der Waals surface area contributed by atoms with Gasteiger partial charge in [0.15, 0.2) is 5.58 Å². The molecule has 2 rings (SSSR count). The van der Waals surface area contributed by atoms with Crippen molar-refractivity contribution in [3.63, 3.8) is 0 Å². The zero-order valence-corrected chi connectivity index (χ0v) is 9.70. The highest BCUT2D eigenvalue weighted by Gasteiger charge is 2.13. The number of hydrogen-bond donors (Lipinski definition) is 2. The van der Waals surface area contributed by atoms with Gasteiger partial charge in [-0.05, 0) is 18.2 Å². The summed E-state index contributed by atoms with van der Waals surface area (Å²) in [5.41, 5.74) is 12.2. The number of benzene rings is 1. The normalized spacial score (nSPS) is 12.7.